The van der Waals surface area contributed by atoms with Gasteiger partial charge < -0.3 is 19.2 Å². The van der Waals surface area contributed by atoms with Gasteiger partial charge in [-0.15, -0.1) is 0 Å². The van der Waals surface area contributed by atoms with Crippen LogP contribution in [0.3, 0.4) is 0 Å². The number of carbonyl (C=O) groups is 2. The monoisotopic (exact) mass is 337 g/mol. The van der Waals surface area contributed by atoms with E-state index in [4.69, 9.17) is 19.2 Å². The van der Waals surface area contributed by atoms with Crippen molar-refractivity contribution in [3.63, 3.8) is 0 Å². The summed E-state index contributed by atoms with van der Waals surface area (Å²) < 4.78 is 0. The summed E-state index contributed by atoms with van der Waals surface area (Å²) in [7, 11) is 0. The number of hydrogen-bond donors (Lipinski definition) is 0. The van der Waals surface area contributed by atoms with Gasteiger partial charge >= 0.3 is 21.1 Å². The van der Waals surface area contributed by atoms with Gasteiger partial charge in [0, 0.05) is 0 Å². The second-order valence-electron chi connectivity index (χ2n) is 1.03. The topological polar surface area (TPSA) is 68.3 Å². The van der Waals surface area contributed by atoms with Crippen LogP contribution in [0.15, 0.2) is 0 Å². The first-order valence-corrected chi connectivity index (χ1v) is 2.40. The summed E-state index contributed by atoms with van der Waals surface area (Å²) in [6.07, 6.45) is 3.62. The third kappa shape index (κ3) is 44.8. The molecule has 0 atom stereocenters. The third-order valence-electron chi connectivity index (χ3n) is 0.333. The second-order valence-corrected chi connectivity index (χ2v) is 1.03. The van der Waals surface area contributed by atoms with Gasteiger partial charge in [0.05, 0.1) is 12.6 Å². The smallest absolute Gasteiger partial charge is 0.541 e. The van der Waals surface area contributed by atoms with Crippen molar-refractivity contribution in [1.29, 1.82) is 0 Å². The maximum absolute atomic E-state index is 9.14. The summed E-state index contributed by atoms with van der Waals surface area (Å²) in [4.78, 5) is 36.4. The minimum absolute atomic E-state index is 0. The first-order chi connectivity index (χ1) is 4.83. The van der Waals surface area contributed by atoms with Crippen LogP contribution in [0.25, 0.3) is 0 Å². The van der Waals surface area contributed by atoms with Crippen molar-refractivity contribution in [2.24, 2.45) is 0 Å². The Hall–Kier alpha value is -0.632. The van der Waals surface area contributed by atoms with Crippen molar-refractivity contribution in [3.8, 4) is 0 Å². The molecule has 0 heterocycles. The molecule has 4 nitrogen and oxygen atoms in total. The Kier molecular flexibility index (Phi) is 34.7. The predicted molar refractivity (Wildman–Crippen MR) is 32.7 cm³/mol. The van der Waals surface area contributed by atoms with Crippen LogP contribution in [-0.2, 0) is 40.2 Å². The number of hydrogen-bond acceptors (Lipinski definition) is 4. The van der Waals surface area contributed by atoms with Crippen LogP contribution in [0.4, 0.5) is 0 Å². The van der Waals surface area contributed by atoms with E-state index in [2.05, 4.69) is 0 Å². The van der Waals surface area contributed by atoms with Gasteiger partial charge in [-0.25, -0.2) is 0 Å². The molecule has 0 fully saturated rings. The second kappa shape index (κ2) is 22.8. The summed E-state index contributed by atoms with van der Waals surface area (Å²) in [5.41, 5.74) is 0. The quantitative estimate of drug-likeness (QED) is 0.389. The molecule has 0 aromatic carbocycles. The van der Waals surface area contributed by atoms with Crippen LogP contribution in [0.5, 0.6) is 0 Å². The van der Waals surface area contributed by atoms with Crippen molar-refractivity contribution in [2.75, 3.05) is 0 Å². The first kappa shape index (κ1) is 16.8. The molecule has 0 bridgehead atoms. The van der Waals surface area contributed by atoms with Gasteiger partial charge in [-0.1, -0.05) is 12.8 Å². The van der Waals surface area contributed by atoms with Gasteiger partial charge in [0.25, 0.3) is 0 Å². The van der Waals surface area contributed by atoms with E-state index in [0.717, 1.165) is 0 Å². The van der Waals surface area contributed by atoms with E-state index < -0.39 is 0 Å². The van der Waals surface area contributed by atoms with Crippen molar-refractivity contribution >= 4 is 25.1 Å². The Labute approximate surface area is 78.6 Å². The Morgan fingerprint density at radius 1 is 0.909 bits per heavy atom. The molecule has 0 aromatic heterocycles. The SMILES string of the molecule is O=[C-]CC=O.O=[C-]CC=O.[Pt+2]. The van der Waals surface area contributed by atoms with Crippen LogP contribution < -0.4 is 0 Å². The molecule has 0 rings (SSSR count). The van der Waals surface area contributed by atoms with E-state index in [1.165, 1.54) is 12.6 Å². The first-order valence-electron chi connectivity index (χ1n) is 2.40. The Morgan fingerprint density at radius 2 is 1.18 bits per heavy atom. The fraction of sp³-hybridized carbons (Fsp3) is 0.333. The Morgan fingerprint density at radius 3 is 1.18 bits per heavy atom. The number of aldehydes is 2. The van der Waals surface area contributed by atoms with E-state index in [1.54, 1.807) is 0 Å². The maximum Gasteiger partial charge on any atom is 2.00 e. The molecule has 0 unspecified atom stereocenters. The van der Waals surface area contributed by atoms with E-state index in [1.807, 2.05) is 0 Å². The van der Waals surface area contributed by atoms with Crippen LogP contribution in [-0.4, -0.2) is 25.1 Å². The van der Waals surface area contributed by atoms with Crippen LogP contribution >= 0.6 is 0 Å². The molecule has 0 aliphatic heterocycles. The molecule has 64 valence electrons. The molecular formula is C6H6O4Pt. The third-order valence-corrected chi connectivity index (χ3v) is 0.333. The van der Waals surface area contributed by atoms with Gasteiger partial charge in [0.15, 0.2) is 0 Å². The van der Waals surface area contributed by atoms with Crippen molar-refractivity contribution in [3.05, 3.63) is 0 Å². The molecule has 0 saturated carbocycles. The largest absolute Gasteiger partial charge is 2.00 e. The van der Waals surface area contributed by atoms with Crippen LogP contribution in [0.2, 0.25) is 0 Å². The molecule has 0 N–H and O–H groups in total. The molecule has 0 aromatic rings. The average Bonchev–Trinajstić information content (AvgIpc) is 1.93. The summed E-state index contributed by atoms with van der Waals surface area (Å²) in [5, 5.41) is 0. The molecule has 0 amide bonds. The molecular weight excluding hydrogens is 331 g/mol. The summed E-state index contributed by atoms with van der Waals surface area (Å²) in [6, 6.07) is 0. The molecule has 0 aliphatic carbocycles. The molecule has 0 radical (unpaired) electrons. The molecule has 11 heavy (non-hydrogen) atoms. The fourth-order valence-corrected chi connectivity index (χ4v) is 0.0680. The van der Waals surface area contributed by atoms with Crippen molar-refractivity contribution in [1.82, 2.24) is 0 Å². The minimum atomic E-state index is -0.0972. The maximum atomic E-state index is 9.14. The molecule has 0 spiro atoms. The van der Waals surface area contributed by atoms with E-state index in [9.17, 15) is 0 Å². The zero-order chi connectivity index (χ0) is 8.24. The van der Waals surface area contributed by atoms with Crippen LogP contribution in [0, 0.1) is 0 Å². The van der Waals surface area contributed by atoms with E-state index >= 15 is 0 Å². The summed E-state index contributed by atoms with van der Waals surface area (Å²) in [6.45, 7) is 0. The zero-order valence-corrected chi connectivity index (χ0v) is 7.79. The van der Waals surface area contributed by atoms with E-state index in [0.29, 0.717) is 12.6 Å². The number of carbonyl (C=O) groups excluding carboxylic acids is 4. The molecule has 0 saturated heterocycles. The van der Waals surface area contributed by atoms with Crippen molar-refractivity contribution in [2.45, 2.75) is 12.8 Å². The van der Waals surface area contributed by atoms with Gasteiger partial charge in [-0.2, -0.15) is 0 Å². The average molecular weight is 337 g/mol. The summed E-state index contributed by atoms with van der Waals surface area (Å²) in [5.74, 6) is 0. The van der Waals surface area contributed by atoms with Gasteiger partial charge in [0.2, 0.25) is 0 Å². The standard InChI is InChI=1S/2C3H3O2.Pt/c2*4-2-1-3-5;/h2*2H,1H2;/q2*-1;+2. The molecule has 5 heteroatoms. The summed E-state index contributed by atoms with van der Waals surface area (Å²) >= 11 is 0. The Bertz CT molecular complexity index is 87.1. The van der Waals surface area contributed by atoms with Crippen molar-refractivity contribution < 1.29 is 40.2 Å². The predicted octanol–water partition coefficient (Wildman–Crippen LogP) is -0.632. The fourth-order valence-electron chi connectivity index (χ4n) is 0.0680. The zero-order valence-electron chi connectivity index (χ0n) is 5.52. The molecule has 0 aliphatic rings. The normalized spacial score (nSPS) is 5.82. The minimum Gasteiger partial charge on any atom is -0.541 e. The van der Waals surface area contributed by atoms with Gasteiger partial charge in [-0.3, -0.25) is 12.6 Å². The van der Waals surface area contributed by atoms with E-state index in [-0.39, 0.29) is 33.9 Å². The van der Waals surface area contributed by atoms with Gasteiger partial charge in [-0.05, 0) is 0 Å². The Balaban J connectivity index is -0.000000107. The van der Waals surface area contributed by atoms with Crippen LogP contribution in [0.1, 0.15) is 12.8 Å². The number of rotatable bonds is 4. The van der Waals surface area contributed by atoms with Gasteiger partial charge in [0.1, 0.15) is 0 Å².